The summed E-state index contributed by atoms with van der Waals surface area (Å²) in [5.41, 5.74) is 1.11. The average Bonchev–Trinajstić information content (AvgIpc) is 2.68. The molecule has 152 valence electrons. The van der Waals surface area contributed by atoms with Crippen molar-refractivity contribution >= 4 is 11.6 Å². The summed E-state index contributed by atoms with van der Waals surface area (Å²) in [4.78, 5) is 25.2. The van der Waals surface area contributed by atoms with Gasteiger partial charge in [0.1, 0.15) is 34.3 Å². The summed E-state index contributed by atoms with van der Waals surface area (Å²) in [6.45, 7) is 1.26. The van der Waals surface area contributed by atoms with E-state index in [2.05, 4.69) is 0 Å². The van der Waals surface area contributed by atoms with Crippen molar-refractivity contribution in [3.05, 3.63) is 64.2 Å². The summed E-state index contributed by atoms with van der Waals surface area (Å²) in [6.07, 6.45) is 0.162. The SMILES string of the molecule is COc1cc(O)c(-c2ccc(O)c3c2Cc2cccc(O)c2C3=O)c(O)c1C(C)=O. The lowest BCUT2D eigenvalue weighted by atomic mass is 9.80. The zero-order valence-corrected chi connectivity index (χ0v) is 16.2. The lowest BCUT2D eigenvalue weighted by Gasteiger charge is -2.24. The molecule has 0 saturated carbocycles. The Morgan fingerprint density at radius 1 is 0.933 bits per heavy atom. The summed E-state index contributed by atoms with van der Waals surface area (Å²) in [5.74, 6) is -2.33. The van der Waals surface area contributed by atoms with Crippen molar-refractivity contribution in [3.8, 4) is 39.9 Å². The Hall–Kier alpha value is -4.00. The molecule has 0 spiro atoms. The van der Waals surface area contributed by atoms with Gasteiger partial charge in [0.15, 0.2) is 5.78 Å². The zero-order valence-electron chi connectivity index (χ0n) is 16.2. The number of Topliss-reactive ketones (excluding diaryl/α,β-unsaturated/α-hetero) is 1. The fourth-order valence-electron chi connectivity index (χ4n) is 4.02. The Morgan fingerprint density at radius 3 is 2.30 bits per heavy atom. The smallest absolute Gasteiger partial charge is 0.201 e. The van der Waals surface area contributed by atoms with Gasteiger partial charge >= 0.3 is 0 Å². The van der Waals surface area contributed by atoms with Gasteiger partial charge in [0.05, 0.1) is 23.8 Å². The first kappa shape index (κ1) is 19.3. The Kier molecular flexibility index (Phi) is 4.38. The van der Waals surface area contributed by atoms with E-state index in [1.165, 1.54) is 38.3 Å². The number of phenols is 4. The standard InChI is InChI=1S/C23H18O7/c1-10(24)18-17(30-2)9-16(27)20(22(18)28)12-6-7-15(26)21-13(12)8-11-4-3-5-14(25)19(11)23(21)29/h3-7,9,25-28H,8H2,1-2H3. The van der Waals surface area contributed by atoms with Crippen LogP contribution in [0, 0.1) is 0 Å². The van der Waals surface area contributed by atoms with Crippen LogP contribution in [0.25, 0.3) is 11.1 Å². The van der Waals surface area contributed by atoms with Gasteiger partial charge in [0, 0.05) is 6.07 Å². The van der Waals surface area contributed by atoms with E-state index in [0.717, 1.165) is 0 Å². The predicted octanol–water partition coefficient (Wildman–Crippen LogP) is 3.52. The third-order valence-electron chi connectivity index (χ3n) is 5.33. The summed E-state index contributed by atoms with van der Waals surface area (Å²) < 4.78 is 5.10. The van der Waals surface area contributed by atoms with E-state index in [-0.39, 0.29) is 57.2 Å². The Labute approximate surface area is 171 Å². The van der Waals surface area contributed by atoms with Gasteiger partial charge < -0.3 is 25.2 Å². The second-order valence-corrected chi connectivity index (χ2v) is 7.06. The number of ether oxygens (including phenoxy) is 1. The van der Waals surface area contributed by atoms with Gasteiger partial charge in [0.25, 0.3) is 0 Å². The number of phenolic OH excluding ortho intramolecular Hbond substituents is 4. The highest BCUT2D eigenvalue weighted by Crippen LogP contribution is 2.49. The van der Waals surface area contributed by atoms with Crippen molar-refractivity contribution in [1.29, 1.82) is 0 Å². The topological polar surface area (TPSA) is 124 Å². The molecule has 0 radical (unpaired) electrons. The number of fused-ring (bicyclic) bond motifs is 2. The number of methoxy groups -OCH3 is 1. The van der Waals surface area contributed by atoms with Crippen LogP contribution in [0.5, 0.6) is 28.7 Å². The molecule has 0 bridgehead atoms. The van der Waals surface area contributed by atoms with Crippen LogP contribution >= 0.6 is 0 Å². The minimum Gasteiger partial charge on any atom is -0.507 e. The van der Waals surface area contributed by atoms with Crippen LogP contribution in [-0.4, -0.2) is 39.1 Å². The van der Waals surface area contributed by atoms with Gasteiger partial charge in [-0.2, -0.15) is 0 Å². The second kappa shape index (κ2) is 6.81. The van der Waals surface area contributed by atoms with Crippen LogP contribution in [0.3, 0.4) is 0 Å². The van der Waals surface area contributed by atoms with E-state index in [1.54, 1.807) is 12.1 Å². The molecule has 0 aromatic heterocycles. The van der Waals surface area contributed by atoms with Crippen molar-refractivity contribution in [2.24, 2.45) is 0 Å². The molecule has 4 N–H and O–H groups in total. The summed E-state index contributed by atoms with van der Waals surface area (Å²) >= 11 is 0. The van der Waals surface area contributed by atoms with E-state index < -0.39 is 17.3 Å². The van der Waals surface area contributed by atoms with E-state index in [4.69, 9.17) is 4.74 Å². The fraction of sp³-hybridized carbons (Fsp3) is 0.130. The lowest BCUT2D eigenvalue weighted by molar-refractivity contribution is 0.100. The molecule has 0 atom stereocenters. The third-order valence-corrected chi connectivity index (χ3v) is 5.33. The maximum Gasteiger partial charge on any atom is 0.201 e. The zero-order chi connectivity index (χ0) is 21.7. The van der Waals surface area contributed by atoms with E-state index in [9.17, 15) is 30.0 Å². The number of carbonyl (C=O) groups is 2. The first-order chi connectivity index (χ1) is 14.3. The molecule has 4 rings (SSSR count). The maximum atomic E-state index is 13.1. The molecule has 30 heavy (non-hydrogen) atoms. The molecule has 0 unspecified atom stereocenters. The Morgan fingerprint density at radius 2 is 1.63 bits per heavy atom. The van der Waals surface area contributed by atoms with Crippen molar-refractivity contribution in [2.45, 2.75) is 13.3 Å². The molecule has 0 heterocycles. The van der Waals surface area contributed by atoms with Gasteiger partial charge in [-0.25, -0.2) is 0 Å². The van der Waals surface area contributed by atoms with Crippen LogP contribution in [0.2, 0.25) is 0 Å². The van der Waals surface area contributed by atoms with Crippen LogP contribution in [0.1, 0.15) is 44.3 Å². The largest absolute Gasteiger partial charge is 0.507 e. The van der Waals surface area contributed by atoms with E-state index >= 15 is 0 Å². The maximum absolute atomic E-state index is 13.1. The van der Waals surface area contributed by atoms with Crippen molar-refractivity contribution in [2.75, 3.05) is 7.11 Å². The van der Waals surface area contributed by atoms with Crippen LogP contribution in [-0.2, 0) is 6.42 Å². The van der Waals surface area contributed by atoms with Gasteiger partial charge in [-0.3, -0.25) is 9.59 Å². The molecule has 7 nitrogen and oxygen atoms in total. The first-order valence-corrected chi connectivity index (χ1v) is 9.10. The van der Waals surface area contributed by atoms with E-state index in [0.29, 0.717) is 11.1 Å². The molecule has 1 aliphatic rings. The van der Waals surface area contributed by atoms with E-state index in [1.807, 2.05) is 0 Å². The van der Waals surface area contributed by atoms with Crippen molar-refractivity contribution in [1.82, 2.24) is 0 Å². The van der Waals surface area contributed by atoms with Crippen LogP contribution in [0.4, 0.5) is 0 Å². The number of hydrogen-bond acceptors (Lipinski definition) is 7. The van der Waals surface area contributed by atoms with Gasteiger partial charge in [0.2, 0.25) is 5.78 Å². The van der Waals surface area contributed by atoms with Crippen LogP contribution < -0.4 is 4.74 Å². The summed E-state index contributed by atoms with van der Waals surface area (Å²) in [5, 5.41) is 41.9. The molecule has 0 saturated heterocycles. The van der Waals surface area contributed by atoms with Gasteiger partial charge in [-0.15, -0.1) is 0 Å². The molecule has 3 aromatic rings. The van der Waals surface area contributed by atoms with Gasteiger partial charge in [-0.1, -0.05) is 18.2 Å². The quantitative estimate of drug-likeness (QED) is 0.384. The van der Waals surface area contributed by atoms with Crippen molar-refractivity contribution < 1.29 is 34.8 Å². The number of hydrogen-bond donors (Lipinski definition) is 4. The fourth-order valence-corrected chi connectivity index (χ4v) is 4.02. The molecule has 0 amide bonds. The monoisotopic (exact) mass is 406 g/mol. The number of benzene rings is 3. The van der Waals surface area contributed by atoms with Crippen LogP contribution in [0.15, 0.2) is 36.4 Å². The summed E-state index contributed by atoms with van der Waals surface area (Å²) in [7, 11) is 1.31. The second-order valence-electron chi connectivity index (χ2n) is 7.06. The normalized spacial score (nSPS) is 12.3. The predicted molar refractivity (Wildman–Crippen MR) is 108 cm³/mol. The number of aromatic hydroxyl groups is 4. The Bertz CT molecular complexity index is 1240. The van der Waals surface area contributed by atoms with Crippen molar-refractivity contribution in [3.63, 3.8) is 0 Å². The number of ketones is 2. The molecule has 3 aromatic carbocycles. The first-order valence-electron chi connectivity index (χ1n) is 9.10. The molecular formula is C23H18O7. The summed E-state index contributed by atoms with van der Waals surface area (Å²) in [6, 6.07) is 8.62. The van der Waals surface area contributed by atoms with Gasteiger partial charge in [-0.05, 0) is 42.2 Å². The third kappa shape index (κ3) is 2.67. The number of rotatable bonds is 3. The minimum absolute atomic E-state index is 0.0141. The molecule has 0 fully saturated rings. The Balaban J connectivity index is 2.04. The minimum atomic E-state index is -0.567. The highest BCUT2D eigenvalue weighted by Gasteiger charge is 2.32. The number of carbonyl (C=O) groups excluding carboxylic acids is 2. The highest BCUT2D eigenvalue weighted by molar-refractivity contribution is 6.16. The molecular weight excluding hydrogens is 388 g/mol. The highest BCUT2D eigenvalue weighted by atomic mass is 16.5. The lowest BCUT2D eigenvalue weighted by Crippen LogP contribution is -2.16. The molecule has 0 aliphatic heterocycles. The molecule has 1 aliphatic carbocycles. The molecule has 7 heteroatoms. The average molecular weight is 406 g/mol.